The molecule has 2 N–H and O–H groups in total. The zero-order chi connectivity index (χ0) is 19.9. The number of benzene rings is 2. The van der Waals surface area contributed by atoms with Crippen molar-refractivity contribution >= 4 is 15.9 Å². The highest BCUT2D eigenvalue weighted by molar-refractivity contribution is 7.89. The summed E-state index contributed by atoms with van der Waals surface area (Å²) in [5.41, 5.74) is 0.772. The van der Waals surface area contributed by atoms with E-state index in [2.05, 4.69) is 10.0 Å². The molecule has 2 atom stereocenters. The van der Waals surface area contributed by atoms with Crippen molar-refractivity contribution in [1.29, 1.82) is 0 Å². The number of rotatable bonds is 9. The Morgan fingerprint density at radius 3 is 2.37 bits per heavy atom. The maximum atomic E-state index is 13.9. The predicted molar refractivity (Wildman–Crippen MR) is 100 cm³/mol. The minimum Gasteiger partial charge on any atom is -0.383 e. The van der Waals surface area contributed by atoms with Crippen LogP contribution in [0.5, 0.6) is 0 Å². The summed E-state index contributed by atoms with van der Waals surface area (Å²) in [5.74, 6) is -1.39. The smallest absolute Gasteiger partial charge is 0.244 e. The average molecular weight is 394 g/mol. The van der Waals surface area contributed by atoms with Crippen molar-refractivity contribution in [2.24, 2.45) is 0 Å². The van der Waals surface area contributed by atoms with Gasteiger partial charge in [0.05, 0.1) is 6.61 Å². The van der Waals surface area contributed by atoms with Gasteiger partial charge < -0.3 is 10.1 Å². The van der Waals surface area contributed by atoms with Gasteiger partial charge in [0.15, 0.2) is 0 Å². The first-order chi connectivity index (χ1) is 12.8. The van der Waals surface area contributed by atoms with Crippen LogP contribution in [0.1, 0.15) is 12.5 Å². The first-order valence-corrected chi connectivity index (χ1v) is 9.92. The molecule has 0 spiro atoms. The molecule has 0 aromatic heterocycles. The minimum absolute atomic E-state index is 0.125. The zero-order valence-electron chi connectivity index (χ0n) is 15.2. The molecule has 0 saturated carbocycles. The molecular weight excluding hydrogens is 371 g/mol. The number of nitrogens with one attached hydrogen (secondary N) is 2. The Kier molecular flexibility index (Phi) is 7.46. The fraction of sp³-hybridized carbons (Fsp3) is 0.316. The molecule has 0 bridgehead atoms. The van der Waals surface area contributed by atoms with Gasteiger partial charge in [-0.15, -0.1) is 0 Å². The third kappa shape index (κ3) is 6.13. The van der Waals surface area contributed by atoms with E-state index >= 15 is 0 Å². The van der Waals surface area contributed by atoms with Crippen LogP contribution in [0.4, 0.5) is 4.39 Å². The molecule has 2 aromatic carbocycles. The highest BCUT2D eigenvalue weighted by atomic mass is 32.2. The Balaban J connectivity index is 2.26. The van der Waals surface area contributed by atoms with E-state index in [1.807, 2.05) is 6.07 Å². The molecule has 0 aliphatic carbocycles. The van der Waals surface area contributed by atoms with Crippen molar-refractivity contribution in [3.8, 4) is 0 Å². The maximum Gasteiger partial charge on any atom is 0.244 e. The number of carbonyl (C=O) groups excluding carboxylic acids is 1. The SMILES string of the molecule is COCC(C)NC(=O)C(Cc1ccccc1)NS(=O)(=O)c1ccccc1F. The molecule has 8 heteroatoms. The number of halogens is 1. The summed E-state index contributed by atoms with van der Waals surface area (Å²) in [6, 6.07) is 12.6. The van der Waals surface area contributed by atoms with E-state index in [-0.39, 0.29) is 19.1 Å². The van der Waals surface area contributed by atoms with Gasteiger partial charge >= 0.3 is 0 Å². The van der Waals surface area contributed by atoms with Crippen molar-refractivity contribution in [3.63, 3.8) is 0 Å². The van der Waals surface area contributed by atoms with Crippen LogP contribution in [-0.4, -0.2) is 40.1 Å². The van der Waals surface area contributed by atoms with Gasteiger partial charge in [0.1, 0.15) is 16.8 Å². The van der Waals surface area contributed by atoms with Gasteiger partial charge in [-0.3, -0.25) is 4.79 Å². The molecule has 0 saturated heterocycles. The van der Waals surface area contributed by atoms with E-state index < -0.39 is 32.7 Å². The lowest BCUT2D eigenvalue weighted by molar-refractivity contribution is -0.123. The molecule has 146 valence electrons. The third-order valence-corrected chi connectivity index (χ3v) is 5.33. The Morgan fingerprint density at radius 1 is 1.11 bits per heavy atom. The lowest BCUT2D eigenvalue weighted by Crippen LogP contribution is -2.50. The molecule has 27 heavy (non-hydrogen) atoms. The number of hydrogen-bond donors (Lipinski definition) is 2. The van der Waals surface area contributed by atoms with Crippen molar-refractivity contribution in [2.75, 3.05) is 13.7 Å². The number of amides is 1. The van der Waals surface area contributed by atoms with Gasteiger partial charge in [-0.05, 0) is 31.0 Å². The minimum atomic E-state index is -4.22. The third-order valence-electron chi connectivity index (χ3n) is 3.83. The monoisotopic (exact) mass is 394 g/mol. The summed E-state index contributed by atoms with van der Waals surface area (Å²) in [6.07, 6.45) is 0.125. The van der Waals surface area contributed by atoms with Crippen LogP contribution in [-0.2, 0) is 26.0 Å². The van der Waals surface area contributed by atoms with Gasteiger partial charge in [-0.25, -0.2) is 12.8 Å². The topological polar surface area (TPSA) is 84.5 Å². The van der Waals surface area contributed by atoms with Gasteiger partial charge in [0, 0.05) is 13.2 Å². The Morgan fingerprint density at radius 2 is 1.74 bits per heavy atom. The van der Waals surface area contributed by atoms with Crippen LogP contribution in [0.15, 0.2) is 59.5 Å². The van der Waals surface area contributed by atoms with Crippen LogP contribution in [0.3, 0.4) is 0 Å². The summed E-state index contributed by atoms with van der Waals surface area (Å²) in [4.78, 5) is 12.1. The molecule has 2 aromatic rings. The van der Waals surface area contributed by atoms with Crippen molar-refractivity contribution in [2.45, 2.75) is 30.3 Å². The van der Waals surface area contributed by atoms with Crippen LogP contribution < -0.4 is 10.0 Å². The molecule has 0 aliphatic rings. The number of sulfonamides is 1. The van der Waals surface area contributed by atoms with E-state index in [1.165, 1.54) is 19.2 Å². The molecule has 1 amide bonds. The normalized spacial score (nSPS) is 13.7. The summed E-state index contributed by atoms with van der Waals surface area (Å²) < 4.78 is 46.5. The van der Waals surface area contributed by atoms with Crippen molar-refractivity contribution in [3.05, 3.63) is 66.0 Å². The average Bonchev–Trinajstić information content (AvgIpc) is 2.62. The van der Waals surface area contributed by atoms with E-state index in [1.54, 1.807) is 31.2 Å². The number of ether oxygens (including phenoxy) is 1. The second-order valence-electron chi connectivity index (χ2n) is 6.16. The standard InChI is InChI=1S/C19H23FN2O4S/c1-14(13-26-2)21-19(23)17(12-15-8-4-3-5-9-15)22-27(24,25)18-11-7-6-10-16(18)20/h3-11,14,17,22H,12-13H2,1-2H3,(H,21,23). The van der Waals surface area contributed by atoms with E-state index in [9.17, 15) is 17.6 Å². The number of carbonyl (C=O) groups is 1. The fourth-order valence-electron chi connectivity index (χ4n) is 2.59. The Labute approximate surface area is 158 Å². The molecule has 0 heterocycles. The van der Waals surface area contributed by atoms with Crippen LogP contribution in [0.25, 0.3) is 0 Å². The largest absolute Gasteiger partial charge is 0.383 e. The molecule has 2 rings (SSSR count). The van der Waals surface area contributed by atoms with Crippen LogP contribution in [0.2, 0.25) is 0 Å². The lowest BCUT2D eigenvalue weighted by Gasteiger charge is -2.21. The van der Waals surface area contributed by atoms with Gasteiger partial charge in [0.25, 0.3) is 0 Å². The quantitative estimate of drug-likeness (QED) is 0.680. The van der Waals surface area contributed by atoms with E-state index in [4.69, 9.17) is 4.74 Å². The molecular formula is C19H23FN2O4S. The lowest BCUT2D eigenvalue weighted by atomic mass is 10.1. The van der Waals surface area contributed by atoms with Crippen LogP contribution in [0, 0.1) is 5.82 Å². The second-order valence-corrected chi connectivity index (χ2v) is 7.84. The predicted octanol–water partition coefficient (Wildman–Crippen LogP) is 1.87. The number of methoxy groups -OCH3 is 1. The highest BCUT2D eigenvalue weighted by Crippen LogP contribution is 2.15. The summed E-state index contributed by atoms with van der Waals surface area (Å²) >= 11 is 0. The van der Waals surface area contributed by atoms with Gasteiger partial charge in [0.2, 0.25) is 15.9 Å². The summed E-state index contributed by atoms with van der Waals surface area (Å²) in [5, 5.41) is 2.71. The van der Waals surface area contributed by atoms with Crippen LogP contribution >= 0.6 is 0 Å². The van der Waals surface area contributed by atoms with Crippen molar-refractivity contribution in [1.82, 2.24) is 10.0 Å². The highest BCUT2D eigenvalue weighted by Gasteiger charge is 2.28. The Bertz CT molecular complexity index is 859. The van der Waals surface area contributed by atoms with E-state index in [0.29, 0.717) is 0 Å². The first-order valence-electron chi connectivity index (χ1n) is 8.43. The first kappa shape index (κ1) is 21.0. The van der Waals surface area contributed by atoms with Gasteiger partial charge in [-0.1, -0.05) is 42.5 Å². The fourth-order valence-corrected chi connectivity index (χ4v) is 3.86. The molecule has 0 radical (unpaired) electrons. The molecule has 0 fully saturated rings. The zero-order valence-corrected chi connectivity index (χ0v) is 16.0. The number of hydrogen-bond acceptors (Lipinski definition) is 4. The molecule has 6 nitrogen and oxygen atoms in total. The molecule has 0 aliphatic heterocycles. The summed E-state index contributed by atoms with van der Waals surface area (Å²) in [6.45, 7) is 2.02. The molecule has 2 unspecified atom stereocenters. The maximum absolute atomic E-state index is 13.9. The second kappa shape index (κ2) is 9.59. The summed E-state index contributed by atoms with van der Waals surface area (Å²) in [7, 11) is -2.72. The van der Waals surface area contributed by atoms with Crippen molar-refractivity contribution < 1.29 is 22.3 Å². The van der Waals surface area contributed by atoms with E-state index in [0.717, 1.165) is 17.7 Å². The van der Waals surface area contributed by atoms with Gasteiger partial charge in [-0.2, -0.15) is 4.72 Å². The Hall–Kier alpha value is -2.29.